The molecule has 80 valence electrons. The Bertz CT molecular complexity index is 377. The average Bonchev–Trinajstić information content (AvgIpc) is 2.21. The molecule has 15 heavy (non-hydrogen) atoms. The number of hydrogen-bond donors (Lipinski definition) is 0. The summed E-state index contributed by atoms with van der Waals surface area (Å²) < 4.78 is 5.62. The van der Waals surface area contributed by atoms with Crippen LogP contribution in [-0.4, -0.2) is 0 Å². The van der Waals surface area contributed by atoms with E-state index in [1.54, 1.807) is 6.08 Å². The topological polar surface area (TPSA) is 9.23 Å². The van der Waals surface area contributed by atoms with Gasteiger partial charge >= 0.3 is 0 Å². The average molecular weight is 241 g/mol. The molecule has 0 fully saturated rings. The Morgan fingerprint density at radius 1 is 1.47 bits per heavy atom. The SMILES string of the molecule is C=CC=C1C(=C)C(C)=C(C=CC)OP1Cl. The number of hydrogen-bond acceptors (Lipinski definition) is 1. The van der Waals surface area contributed by atoms with Crippen LogP contribution in [0.25, 0.3) is 0 Å². The molecule has 3 heteroatoms. The Kier molecular flexibility index (Phi) is 4.38. The summed E-state index contributed by atoms with van der Waals surface area (Å²) in [6, 6.07) is 0. The molecule has 0 bridgehead atoms. The molecule has 1 atom stereocenters. The highest BCUT2D eigenvalue weighted by Crippen LogP contribution is 2.59. The van der Waals surface area contributed by atoms with Gasteiger partial charge in [-0.3, -0.25) is 0 Å². The molecule has 0 saturated heterocycles. The summed E-state index contributed by atoms with van der Waals surface area (Å²) in [4.78, 5) is 0. The summed E-state index contributed by atoms with van der Waals surface area (Å²) in [7, 11) is -1.12. The normalized spacial score (nSPS) is 24.9. The minimum absolute atomic E-state index is 0.810. The van der Waals surface area contributed by atoms with Crippen LogP contribution in [0.5, 0.6) is 0 Å². The van der Waals surface area contributed by atoms with Gasteiger partial charge in [0.15, 0.2) is 0 Å². The fourth-order valence-corrected chi connectivity index (χ4v) is 3.00. The maximum Gasteiger partial charge on any atom is 0.215 e. The van der Waals surface area contributed by atoms with E-state index in [1.165, 1.54) is 0 Å². The van der Waals surface area contributed by atoms with E-state index in [1.807, 2.05) is 32.1 Å². The minimum atomic E-state index is -1.12. The monoisotopic (exact) mass is 240 g/mol. The molecule has 1 aliphatic rings. The number of halogens is 1. The first-order valence-electron chi connectivity index (χ1n) is 4.61. The maximum atomic E-state index is 6.15. The summed E-state index contributed by atoms with van der Waals surface area (Å²) in [5.41, 5.74) is 1.97. The van der Waals surface area contributed by atoms with Crippen LogP contribution in [-0.2, 0) is 4.52 Å². The van der Waals surface area contributed by atoms with E-state index in [2.05, 4.69) is 13.2 Å². The molecule has 0 aliphatic carbocycles. The quantitative estimate of drug-likeness (QED) is 0.614. The molecule has 0 spiro atoms. The third-order valence-electron chi connectivity index (χ3n) is 2.09. The van der Waals surface area contributed by atoms with Gasteiger partial charge in [-0.2, -0.15) is 0 Å². The van der Waals surface area contributed by atoms with E-state index in [9.17, 15) is 0 Å². The van der Waals surface area contributed by atoms with E-state index >= 15 is 0 Å². The molecule has 0 N–H and O–H groups in total. The summed E-state index contributed by atoms with van der Waals surface area (Å²) in [5.74, 6) is 0.810. The summed E-state index contributed by atoms with van der Waals surface area (Å²) >= 11 is 6.15. The lowest BCUT2D eigenvalue weighted by Gasteiger charge is -2.25. The van der Waals surface area contributed by atoms with Crippen molar-refractivity contribution < 1.29 is 4.52 Å². The van der Waals surface area contributed by atoms with Gasteiger partial charge in [-0.05, 0) is 48.4 Å². The van der Waals surface area contributed by atoms with Crippen LogP contribution in [0, 0.1) is 0 Å². The smallest absolute Gasteiger partial charge is 0.215 e. The largest absolute Gasteiger partial charge is 0.453 e. The van der Waals surface area contributed by atoms with Crippen molar-refractivity contribution in [2.24, 2.45) is 0 Å². The van der Waals surface area contributed by atoms with Crippen molar-refractivity contribution in [1.29, 1.82) is 0 Å². The van der Waals surface area contributed by atoms with E-state index in [0.717, 1.165) is 22.2 Å². The molecule has 1 nitrogen and oxygen atoms in total. The molecular weight excluding hydrogens is 227 g/mol. The Morgan fingerprint density at radius 2 is 2.13 bits per heavy atom. The van der Waals surface area contributed by atoms with E-state index < -0.39 is 7.50 Å². The standard InChI is InChI=1S/C12H14ClOP/c1-5-7-11-9(3)10(4)12(8-6-2)15(13)14-11/h5-8H,2,4H2,1,3H3. The molecular formula is C12H14ClOP. The first-order chi connectivity index (χ1) is 7.11. The van der Waals surface area contributed by atoms with Crippen LogP contribution in [0.3, 0.4) is 0 Å². The maximum absolute atomic E-state index is 6.15. The Hall–Kier alpha value is -0.780. The van der Waals surface area contributed by atoms with Gasteiger partial charge < -0.3 is 4.52 Å². The van der Waals surface area contributed by atoms with Crippen LogP contribution in [0.4, 0.5) is 0 Å². The van der Waals surface area contributed by atoms with Crippen LogP contribution < -0.4 is 0 Å². The molecule has 1 heterocycles. The van der Waals surface area contributed by atoms with Crippen molar-refractivity contribution >= 4 is 18.7 Å². The van der Waals surface area contributed by atoms with Gasteiger partial charge in [0.05, 0.1) is 0 Å². The predicted molar refractivity (Wildman–Crippen MR) is 68.8 cm³/mol. The summed E-state index contributed by atoms with van der Waals surface area (Å²) in [5, 5.41) is 0.937. The van der Waals surface area contributed by atoms with Crippen molar-refractivity contribution in [2.75, 3.05) is 0 Å². The van der Waals surface area contributed by atoms with E-state index in [-0.39, 0.29) is 0 Å². The first-order valence-corrected chi connectivity index (χ1v) is 6.78. The molecule has 1 aliphatic heterocycles. The van der Waals surface area contributed by atoms with E-state index in [0.29, 0.717) is 0 Å². The zero-order valence-corrected chi connectivity index (χ0v) is 10.6. The van der Waals surface area contributed by atoms with Gasteiger partial charge in [-0.1, -0.05) is 25.3 Å². The Labute approximate surface area is 97.1 Å². The van der Waals surface area contributed by atoms with Gasteiger partial charge in [0.1, 0.15) is 5.76 Å². The van der Waals surface area contributed by atoms with Crippen LogP contribution >= 0.6 is 18.7 Å². The molecule has 1 rings (SSSR count). The van der Waals surface area contributed by atoms with Crippen molar-refractivity contribution in [1.82, 2.24) is 0 Å². The summed E-state index contributed by atoms with van der Waals surface area (Å²) in [6.45, 7) is 11.6. The fraction of sp³-hybridized carbons (Fsp3) is 0.167. The fourth-order valence-electron chi connectivity index (χ4n) is 1.23. The van der Waals surface area contributed by atoms with Crippen molar-refractivity contribution in [3.63, 3.8) is 0 Å². The molecule has 1 unspecified atom stereocenters. The first kappa shape index (κ1) is 12.3. The molecule has 0 radical (unpaired) electrons. The van der Waals surface area contributed by atoms with Gasteiger partial charge in [0, 0.05) is 5.31 Å². The third-order valence-corrected chi connectivity index (χ3v) is 4.00. The van der Waals surface area contributed by atoms with Gasteiger partial charge in [-0.25, -0.2) is 0 Å². The zero-order valence-electron chi connectivity index (χ0n) is 8.96. The lowest BCUT2D eigenvalue weighted by molar-refractivity contribution is 0.495. The summed E-state index contributed by atoms with van der Waals surface area (Å²) in [6.07, 6.45) is 7.39. The van der Waals surface area contributed by atoms with Crippen molar-refractivity contribution in [3.8, 4) is 0 Å². The van der Waals surface area contributed by atoms with Gasteiger partial charge in [-0.15, -0.1) is 0 Å². The number of allylic oxidation sites excluding steroid dienone is 7. The molecule has 0 aromatic heterocycles. The van der Waals surface area contributed by atoms with Crippen LogP contribution in [0.2, 0.25) is 0 Å². The third kappa shape index (κ3) is 2.62. The predicted octanol–water partition coefficient (Wildman–Crippen LogP) is 5.04. The molecule has 0 aromatic rings. The second-order valence-electron chi connectivity index (χ2n) is 3.09. The Morgan fingerprint density at radius 3 is 2.67 bits per heavy atom. The highest BCUT2D eigenvalue weighted by atomic mass is 35.7. The highest BCUT2D eigenvalue weighted by molar-refractivity contribution is 7.83. The lowest BCUT2D eigenvalue weighted by atomic mass is 10.1. The number of rotatable bonds is 2. The molecule has 0 amide bonds. The van der Waals surface area contributed by atoms with Crippen molar-refractivity contribution in [2.45, 2.75) is 13.8 Å². The molecule has 0 saturated carbocycles. The zero-order chi connectivity index (χ0) is 11.4. The van der Waals surface area contributed by atoms with E-state index in [4.69, 9.17) is 15.8 Å². The van der Waals surface area contributed by atoms with Gasteiger partial charge in [0.2, 0.25) is 7.50 Å². The molecule has 0 aromatic carbocycles. The second kappa shape index (κ2) is 5.34. The minimum Gasteiger partial charge on any atom is -0.453 e. The van der Waals surface area contributed by atoms with Crippen LogP contribution in [0.15, 0.2) is 59.7 Å². The second-order valence-corrected chi connectivity index (χ2v) is 5.17. The Balaban J connectivity index is 3.15. The lowest BCUT2D eigenvalue weighted by Crippen LogP contribution is -2.00. The van der Waals surface area contributed by atoms with Crippen molar-refractivity contribution in [3.05, 3.63) is 59.7 Å². The van der Waals surface area contributed by atoms with Crippen LogP contribution in [0.1, 0.15) is 13.8 Å². The van der Waals surface area contributed by atoms with Gasteiger partial charge in [0.25, 0.3) is 0 Å². The highest BCUT2D eigenvalue weighted by Gasteiger charge is 2.25.